The Balaban J connectivity index is 0.000000476. The third kappa shape index (κ3) is 14.9. The number of hydrogen-bond donors (Lipinski definition) is 5. The molecule has 3 amide bonds. The van der Waals surface area contributed by atoms with Crippen molar-refractivity contribution < 1.29 is 33.8 Å². The predicted molar refractivity (Wildman–Crippen MR) is 189 cm³/mol. The molecule has 3 aromatic rings. The molecule has 0 aliphatic carbocycles. The third-order valence-electron chi connectivity index (χ3n) is 7.06. The van der Waals surface area contributed by atoms with Crippen LogP contribution in [-0.2, 0) is 25.5 Å². The number of unbranched alkanes of at least 4 members (excludes halogenated alkanes) is 1. The monoisotopic (exact) mass is 680 g/mol. The van der Waals surface area contributed by atoms with E-state index >= 15 is 0 Å². The Hall–Kier alpha value is -4.55. The quantitative estimate of drug-likeness (QED) is 0.0528. The first-order chi connectivity index (χ1) is 23.2. The topological polar surface area (TPSA) is 155 Å². The van der Waals surface area contributed by atoms with Gasteiger partial charge < -0.3 is 35.3 Å². The number of phenolic OH excluding ortho intramolecular Hbond substituents is 1. The Morgan fingerprint density at radius 3 is 2.31 bits per heavy atom. The summed E-state index contributed by atoms with van der Waals surface area (Å²) in [5, 5.41) is 19.0. The summed E-state index contributed by atoms with van der Waals surface area (Å²) >= 11 is 1.46. The van der Waals surface area contributed by atoms with Crippen molar-refractivity contribution >= 4 is 36.1 Å². The molecule has 0 aliphatic rings. The molecule has 0 aromatic heterocycles. The van der Waals surface area contributed by atoms with E-state index in [0.717, 1.165) is 37.8 Å². The van der Waals surface area contributed by atoms with Gasteiger partial charge in [-0.05, 0) is 67.9 Å². The van der Waals surface area contributed by atoms with Gasteiger partial charge >= 0.3 is 5.97 Å². The van der Waals surface area contributed by atoms with Crippen LogP contribution in [0.5, 0.6) is 11.5 Å². The van der Waals surface area contributed by atoms with Crippen LogP contribution in [0.2, 0.25) is 0 Å². The smallest absolute Gasteiger partial charge is 0.345 e. The van der Waals surface area contributed by atoms with Crippen LogP contribution in [0.15, 0.2) is 72.8 Å². The number of aryl methyl sites for hydroxylation is 1. The summed E-state index contributed by atoms with van der Waals surface area (Å²) in [5.41, 5.74) is 3.51. The van der Waals surface area contributed by atoms with Crippen molar-refractivity contribution in [2.75, 3.05) is 33.4 Å². The Kier molecular flexibility index (Phi) is 18.9. The average molecular weight is 681 g/mol. The summed E-state index contributed by atoms with van der Waals surface area (Å²) in [6.45, 7) is 7.71. The highest BCUT2D eigenvalue weighted by Gasteiger charge is 2.20. The highest BCUT2D eigenvalue weighted by Crippen LogP contribution is 2.29. The van der Waals surface area contributed by atoms with Crippen LogP contribution in [0.25, 0.3) is 0 Å². The SMILES string of the molecule is CCC(SNC=O)c1ccc(C)cc1.COC(=O)c1c(O)cccc1OCCCCNCCNC(=O)[C@H](Cc1ccccc1)NC(C)=O. The fraction of sp³-hybridized carbons (Fsp3) is 0.389. The number of nitrogens with one attached hydrogen (secondary N) is 4. The molecule has 48 heavy (non-hydrogen) atoms. The number of methoxy groups -OCH3 is 1. The summed E-state index contributed by atoms with van der Waals surface area (Å²) < 4.78 is 13.0. The maximum Gasteiger partial charge on any atom is 0.345 e. The van der Waals surface area contributed by atoms with Gasteiger partial charge in [0.2, 0.25) is 18.2 Å². The van der Waals surface area contributed by atoms with Crippen LogP contribution in [0.3, 0.4) is 0 Å². The molecule has 1 unspecified atom stereocenters. The first kappa shape index (κ1) is 39.6. The minimum Gasteiger partial charge on any atom is -0.507 e. The Morgan fingerprint density at radius 1 is 0.938 bits per heavy atom. The maximum absolute atomic E-state index is 12.5. The lowest BCUT2D eigenvalue weighted by atomic mass is 10.1. The van der Waals surface area contributed by atoms with Gasteiger partial charge in [-0.3, -0.25) is 14.4 Å². The van der Waals surface area contributed by atoms with Gasteiger partial charge in [0.05, 0.1) is 13.7 Å². The molecule has 0 saturated carbocycles. The van der Waals surface area contributed by atoms with Crippen molar-refractivity contribution in [1.82, 2.24) is 20.7 Å². The molecule has 0 spiro atoms. The van der Waals surface area contributed by atoms with E-state index in [1.54, 1.807) is 12.1 Å². The van der Waals surface area contributed by atoms with Crippen molar-refractivity contribution in [2.45, 2.75) is 57.7 Å². The second kappa shape index (κ2) is 22.9. The van der Waals surface area contributed by atoms with E-state index < -0.39 is 12.0 Å². The van der Waals surface area contributed by atoms with Crippen molar-refractivity contribution in [3.8, 4) is 11.5 Å². The zero-order chi connectivity index (χ0) is 35.1. The van der Waals surface area contributed by atoms with E-state index in [4.69, 9.17) is 4.74 Å². The molecular weight excluding hydrogens is 632 g/mol. The van der Waals surface area contributed by atoms with Gasteiger partial charge in [0.1, 0.15) is 23.1 Å². The molecule has 5 N–H and O–H groups in total. The van der Waals surface area contributed by atoms with E-state index in [1.807, 2.05) is 30.3 Å². The molecule has 3 aromatic carbocycles. The maximum atomic E-state index is 12.5. The van der Waals surface area contributed by atoms with Crippen molar-refractivity contribution in [1.29, 1.82) is 0 Å². The van der Waals surface area contributed by atoms with E-state index in [0.29, 0.717) is 31.4 Å². The van der Waals surface area contributed by atoms with Crippen LogP contribution < -0.4 is 25.4 Å². The first-order valence-corrected chi connectivity index (χ1v) is 16.8. The lowest BCUT2D eigenvalue weighted by Gasteiger charge is -2.18. The number of hydrogen-bond acceptors (Lipinski definition) is 9. The fourth-order valence-corrected chi connectivity index (χ4v) is 5.27. The van der Waals surface area contributed by atoms with Gasteiger partial charge in [-0.1, -0.05) is 73.2 Å². The van der Waals surface area contributed by atoms with Crippen molar-refractivity contribution in [2.24, 2.45) is 0 Å². The fourth-order valence-electron chi connectivity index (χ4n) is 4.59. The van der Waals surface area contributed by atoms with E-state index in [1.165, 1.54) is 43.2 Å². The van der Waals surface area contributed by atoms with Gasteiger partial charge in [0.25, 0.3) is 0 Å². The van der Waals surface area contributed by atoms with Gasteiger partial charge in [0.15, 0.2) is 0 Å². The minimum atomic E-state index is -0.652. The Bertz CT molecular complexity index is 1410. The number of rotatable bonds is 19. The molecule has 0 heterocycles. The van der Waals surface area contributed by atoms with Crippen LogP contribution in [-0.4, -0.2) is 68.7 Å². The zero-order valence-electron chi connectivity index (χ0n) is 28.1. The summed E-state index contributed by atoms with van der Waals surface area (Å²) in [4.78, 5) is 45.9. The largest absolute Gasteiger partial charge is 0.507 e. The lowest BCUT2D eigenvalue weighted by Crippen LogP contribution is -2.48. The molecule has 0 bridgehead atoms. The standard InChI is InChI=1S/C25H33N3O6.C11H15NOS/c1-18(29)28-20(17-19-9-4-3-5-10-19)24(31)27-15-14-26-13-6-7-16-34-22-12-8-11-21(30)23(22)25(32)33-2;1-3-11(14-12-8-13)10-6-4-9(2)5-7-10/h3-5,8-12,20,26,30H,6-7,13-17H2,1-2H3,(H,27,31)(H,28,29);4-8,11H,3H2,1-2H3,(H,12,13)/t20-;/m0./s1. The molecule has 0 fully saturated rings. The molecule has 3 rings (SSSR count). The predicted octanol–water partition coefficient (Wildman–Crippen LogP) is 4.63. The normalized spacial score (nSPS) is 11.6. The highest BCUT2D eigenvalue weighted by atomic mass is 32.2. The second-order valence-electron chi connectivity index (χ2n) is 10.8. The number of carbonyl (C=O) groups is 4. The molecule has 260 valence electrons. The molecule has 0 radical (unpaired) electrons. The number of esters is 1. The minimum absolute atomic E-state index is 0.0173. The molecule has 12 heteroatoms. The summed E-state index contributed by atoms with van der Waals surface area (Å²) in [6.07, 6.45) is 3.72. The average Bonchev–Trinajstić information content (AvgIpc) is 3.08. The van der Waals surface area contributed by atoms with Crippen LogP contribution >= 0.6 is 11.9 Å². The molecular formula is C36H48N4O7S. The summed E-state index contributed by atoms with van der Waals surface area (Å²) in [5.74, 6) is -1.02. The Morgan fingerprint density at radius 2 is 1.67 bits per heavy atom. The second-order valence-corrected chi connectivity index (χ2v) is 11.9. The molecule has 11 nitrogen and oxygen atoms in total. The number of benzene rings is 3. The molecule has 0 saturated heterocycles. The van der Waals surface area contributed by atoms with Crippen LogP contribution in [0.1, 0.15) is 65.4 Å². The number of carbonyl (C=O) groups excluding carboxylic acids is 4. The Labute approximate surface area is 287 Å². The lowest BCUT2D eigenvalue weighted by molar-refractivity contribution is -0.128. The first-order valence-electron chi connectivity index (χ1n) is 15.9. The molecule has 2 atom stereocenters. The summed E-state index contributed by atoms with van der Waals surface area (Å²) in [6, 6.07) is 22.0. The van der Waals surface area contributed by atoms with Crippen LogP contribution in [0.4, 0.5) is 0 Å². The number of ether oxygens (including phenoxy) is 2. The van der Waals surface area contributed by atoms with E-state index in [-0.39, 0.29) is 28.9 Å². The van der Waals surface area contributed by atoms with Crippen LogP contribution in [0, 0.1) is 6.92 Å². The van der Waals surface area contributed by atoms with Gasteiger partial charge in [0, 0.05) is 31.7 Å². The van der Waals surface area contributed by atoms with E-state index in [9.17, 15) is 24.3 Å². The van der Waals surface area contributed by atoms with Crippen molar-refractivity contribution in [3.63, 3.8) is 0 Å². The van der Waals surface area contributed by atoms with Gasteiger partial charge in [-0.15, -0.1) is 0 Å². The summed E-state index contributed by atoms with van der Waals surface area (Å²) in [7, 11) is 1.25. The van der Waals surface area contributed by atoms with E-state index in [2.05, 4.69) is 63.5 Å². The number of phenols is 1. The zero-order valence-corrected chi connectivity index (χ0v) is 28.9. The van der Waals surface area contributed by atoms with Gasteiger partial charge in [-0.2, -0.15) is 0 Å². The number of amides is 3. The third-order valence-corrected chi connectivity index (χ3v) is 8.18. The number of aromatic hydroxyl groups is 1. The molecule has 0 aliphatic heterocycles. The van der Waals surface area contributed by atoms with Crippen molar-refractivity contribution in [3.05, 3.63) is 95.1 Å². The van der Waals surface area contributed by atoms with Gasteiger partial charge in [-0.25, -0.2) is 4.79 Å². The highest BCUT2D eigenvalue weighted by molar-refractivity contribution is 7.98.